The van der Waals surface area contributed by atoms with E-state index < -0.39 is 0 Å². The number of thiophene rings is 1. The van der Waals surface area contributed by atoms with Crippen LogP contribution in [0.3, 0.4) is 0 Å². The first-order valence-electron chi connectivity index (χ1n) is 9.32. The van der Waals surface area contributed by atoms with E-state index in [1.165, 1.54) is 15.5 Å². The zero-order chi connectivity index (χ0) is 20.8. The van der Waals surface area contributed by atoms with Gasteiger partial charge in [-0.2, -0.15) is 0 Å². The molecule has 150 valence electrons. The lowest BCUT2D eigenvalue weighted by Gasteiger charge is -2.11. The van der Waals surface area contributed by atoms with Crippen LogP contribution in [0.25, 0.3) is 0 Å². The molecule has 0 fully saturated rings. The second-order valence-corrected chi connectivity index (χ2v) is 8.13. The highest BCUT2D eigenvalue weighted by molar-refractivity contribution is 7.11. The number of aryl methyl sites for hydroxylation is 3. The Balaban J connectivity index is 1.60. The minimum Gasteiger partial charge on any atom is -0.347 e. The Labute approximate surface area is 173 Å². The molecule has 0 saturated carbocycles. The maximum Gasteiger partial charge on any atom is 0.251 e. The average Bonchev–Trinajstić information content (AvgIpc) is 3.12. The first-order valence-corrected chi connectivity index (χ1v) is 10.1. The minimum absolute atomic E-state index is 0.143. The molecular weight excluding hydrogens is 386 g/mol. The second kappa shape index (κ2) is 9.34. The van der Waals surface area contributed by atoms with Crippen molar-refractivity contribution in [1.29, 1.82) is 0 Å². The number of nitrogens with zero attached hydrogens (tertiary/aromatic N) is 1. The number of hydrogen-bond acceptors (Lipinski definition) is 4. The Morgan fingerprint density at radius 1 is 1.07 bits per heavy atom. The molecule has 2 heterocycles. The fraction of sp³-hybridized carbons (Fsp3) is 0.227. The van der Waals surface area contributed by atoms with Crippen LogP contribution in [-0.2, 0) is 17.9 Å². The van der Waals surface area contributed by atoms with Crippen LogP contribution >= 0.6 is 11.3 Å². The van der Waals surface area contributed by atoms with E-state index in [1.54, 1.807) is 41.8 Å². The van der Waals surface area contributed by atoms with E-state index in [0.29, 0.717) is 24.3 Å². The van der Waals surface area contributed by atoms with Gasteiger partial charge in [0, 0.05) is 46.2 Å². The topological polar surface area (TPSA) is 80.2 Å². The predicted octanol–water partition coefficient (Wildman–Crippen LogP) is 3.49. The lowest BCUT2D eigenvalue weighted by Crippen LogP contribution is -2.23. The molecule has 0 bridgehead atoms. The third kappa shape index (κ3) is 5.65. The highest BCUT2D eigenvalue weighted by atomic mass is 32.1. The van der Waals surface area contributed by atoms with Crippen LogP contribution in [0.5, 0.6) is 0 Å². The van der Waals surface area contributed by atoms with Crippen LogP contribution in [0, 0.1) is 13.8 Å². The molecule has 0 unspecified atom stereocenters. The highest BCUT2D eigenvalue weighted by Gasteiger charge is 2.11. The summed E-state index contributed by atoms with van der Waals surface area (Å²) in [5, 5.41) is 5.74. The summed E-state index contributed by atoms with van der Waals surface area (Å²) in [5.74, 6) is -0.405. The lowest BCUT2D eigenvalue weighted by molar-refractivity contribution is -0.116. The van der Waals surface area contributed by atoms with Crippen LogP contribution in [0.2, 0.25) is 0 Å². The molecular formula is C22H23N3O3S. The van der Waals surface area contributed by atoms with Gasteiger partial charge in [0.2, 0.25) is 5.91 Å². The highest BCUT2D eigenvalue weighted by Crippen LogP contribution is 2.18. The Hall–Kier alpha value is -3.19. The van der Waals surface area contributed by atoms with Gasteiger partial charge in [-0.1, -0.05) is 12.1 Å². The molecule has 2 amide bonds. The summed E-state index contributed by atoms with van der Waals surface area (Å²) in [5.41, 5.74) is 1.80. The zero-order valence-corrected chi connectivity index (χ0v) is 17.2. The van der Waals surface area contributed by atoms with Crippen molar-refractivity contribution in [2.75, 3.05) is 5.32 Å². The molecule has 0 aliphatic heterocycles. The number of benzene rings is 1. The second-order valence-electron chi connectivity index (χ2n) is 6.76. The Kier molecular flexibility index (Phi) is 6.61. The van der Waals surface area contributed by atoms with Crippen molar-refractivity contribution >= 4 is 28.8 Å². The maximum absolute atomic E-state index is 12.5. The number of amides is 2. The van der Waals surface area contributed by atoms with Gasteiger partial charge < -0.3 is 15.2 Å². The lowest BCUT2D eigenvalue weighted by atomic mass is 10.1. The monoisotopic (exact) mass is 409 g/mol. The van der Waals surface area contributed by atoms with Gasteiger partial charge in [0.15, 0.2) is 0 Å². The molecule has 0 radical (unpaired) electrons. The quantitative estimate of drug-likeness (QED) is 0.627. The number of carbonyl (C=O) groups is 2. The normalized spacial score (nSPS) is 10.6. The standard InChI is InChI=1S/C22H23N3O3S/c1-15-6-8-17(22(28)23-14-18-9-7-16(2)29-18)13-19(15)24-20(26)10-12-25-11-4-3-5-21(25)27/h3-9,11,13H,10,12,14H2,1-2H3,(H,23,28)(H,24,26). The van der Waals surface area contributed by atoms with Crippen molar-refractivity contribution in [2.45, 2.75) is 33.4 Å². The molecule has 29 heavy (non-hydrogen) atoms. The van der Waals surface area contributed by atoms with Crippen molar-refractivity contribution in [1.82, 2.24) is 9.88 Å². The summed E-state index contributed by atoms with van der Waals surface area (Å²) >= 11 is 1.65. The van der Waals surface area contributed by atoms with Crippen molar-refractivity contribution in [3.63, 3.8) is 0 Å². The number of hydrogen-bond donors (Lipinski definition) is 2. The number of nitrogens with one attached hydrogen (secondary N) is 2. The Morgan fingerprint density at radius 3 is 2.62 bits per heavy atom. The van der Waals surface area contributed by atoms with Crippen LogP contribution in [0.4, 0.5) is 5.69 Å². The van der Waals surface area contributed by atoms with Crippen molar-refractivity contribution in [3.05, 3.63) is 86.0 Å². The van der Waals surface area contributed by atoms with Gasteiger partial charge in [-0.15, -0.1) is 11.3 Å². The average molecular weight is 410 g/mol. The summed E-state index contributed by atoms with van der Waals surface area (Å²) in [4.78, 5) is 38.8. The van der Waals surface area contributed by atoms with Gasteiger partial charge in [0.05, 0.1) is 6.54 Å². The van der Waals surface area contributed by atoms with Gasteiger partial charge in [-0.25, -0.2) is 0 Å². The molecule has 2 aromatic heterocycles. The van der Waals surface area contributed by atoms with E-state index in [1.807, 2.05) is 32.0 Å². The van der Waals surface area contributed by atoms with Gasteiger partial charge in [0.1, 0.15) is 0 Å². The molecule has 7 heteroatoms. The zero-order valence-electron chi connectivity index (χ0n) is 16.4. The van der Waals surface area contributed by atoms with Gasteiger partial charge in [-0.05, 0) is 49.7 Å². The smallest absolute Gasteiger partial charge is 0.251 e. The summed E-state index contributed by atoms with van der Waals surface area (Å²) in [6.07, 6.45) is 1.82. The molecule has 0 aliphatic rings. The van der Waals surface area contributed by atoms with E-state index >= 15 is 0 Å². The maximum atomic E-state index is 12.5. The predicted molar refractivity (Wildman–Crippen MR) is 115 cm³/mol. The van der Waals surface area contributed by atoms with E-state index in [0.717, 1.165) is 10.4 Å². The molecule has 2 N–H and O–H groups in total. The van der Waals surface area contributed by atoms with E-state index in [4.69, 9.17) is 0 Å². The molecule has 3 aromatic rings. The molecule has 0 saturated heterocycles. The third-order valence-corrected chi connectivity index (χ3v) is 5.47. The SMILES string of the molecule is Cc1ccc(CNC(=O)c2ccc(C)c(NC(=O)CCn3ccccc3=O)c2)s1. The van der Waals surface area contributed by atoms with Crippen LogP contribution < -0.4 is 16.2 Å². The third-order valence-electron chi connectivity index (χ3n) is 4.47. The summed E-state index contributed by atoms with van der Waals surface area (Å²) < 4.78 is 1.49. The molecule has 0 atom stereocenters. The molecule has 3 rings (SSSR count). The van der Waals surface area contributed by atoms with E-state index in [-0.39, 0.29) is 23.8 Å². The van der Waals surface area contributed by atoms with Crippen LogP contribution in [0.1, 0.15) is 32.1 Å². The first-order chi connectivity index (χ1) is 13.9. The molecule has 6 nitrogen and oxygen atoms in total. The van der Waals surface area contributed by atoms with Crippen molar-refractivity contribution in [3.8, 4) is 0 Å². The summed E-state index contributed by atoms with van der Waals surface area (Å²) in [7, 11) is 0. The van der Waals surface area contributed by atoms with Crippen LogP contribution in [0.15, 0.2) is 59.5 Å². The fourth-order valence-electron chi connectivity index (χ4n) is 2.83. The Bertz CT molecular complexity index is 1080. The molecule has 1 aromatic carbocycles. The van der Waals surface area contributed by atoms with Gasteiger partial charge in [0.25, 0.3) is 11.5 Å². The van der Waals surface area contributed by atoms with Crippen molar-refractivity contribution in [2.24, 2.45) is 0 Å². The Morgan fingerprint density at radius 2 is 1.90 bits per heavy atom. The number of carbonyl (C=O) groups excluding carboxylic acids is 2. The van der Waals surface area contributed by atoms with Crippen LogP contribution in [-0.4, -0.2) is 16.4 Å². The van der Waals surface area contributed by atoms with E-state index in [9.17, 15) is 14.4 Å². The van der Waals surface area contributed by atoms with Gasteiger partial charge in [-0.3, -0.25) is 14.4 Å². The number of anilines is 1. The number of pyridine rings is 1. The van der Waals surface area contributed by atoms with Crippen molar-refractivity contribution < 1.29 is 9.59 Å². The fourth-order valence-corrected chi connectivity index (χ4v) is 3.66. The van der Waals surface area contributed by atoms with Gasteiger partial charge >= 0.3 is 0 Å². The molecule has 0 spiro atoms. The summed E-state index contributed by atoms with van der Waals surface area (Å²) in [6, 6.07) is 14.1. The minimum atomic E-state index is -0.213. The number of aromatic nitrogens is 1. The van der Waals surface area contributed by atoms with E-state index in [2.05, 4.69) is 10.6 Å². The molecule has 0 aliphatic carbocycles. The largest absolute Gasteiger partial charge is 0.347 e. The number of rotatable bonds is 7. The first kappa shape index (κ1) is 20.5. The summed E-state index contributed by atoms with van der Waals surface area (Å²) in [6.45, 7) is 4.66.